The first kappa shape index (κ1) is 19.9. The predicted octanol–water partition coefficient (Wildman–Crippen LogP) is 5.82. The van der Waals surface area contributed by atoms with Crippen LogP contribution in [0.5, 0.6) is 11.5 Å². The number of aryl methyl sites for hydroxylation is 1. The molecule has 0 spiro atoms. The highest BCUT2D eigenvalue weighted by molar-refractivity contribution is 6.09. The molecule has 1 amide bonds. The van der Waals surface area contributed by atoms with Crippen LogP contribution in [0.25, 0.3) is 21.7 Å². The van der Waals surface area contributed by atoms with Crippen molar-refractivity contribution in [3.05, 3.63) is 107 Å². The Morgan fingerprint density at radius 3 is 2.53 bits per heavy atom. The fourth-order valence-corrected chi connectivity index (χ4v) is 4.37. The minimum absolute atomic E-state index is 0.0772. The molecule has 3 aromatic carbocycles. The van der Waals surface area contributed by atoms with E-state index in [1.54, 1.807) is 25.3 Å². The Morgan fingerprint density at radius 1 is 0.969 bits per heavy atom. The number of benzene rings is 3. The van der Waals surface area contributed by atoms with Gasteiger partial charge in [0, 0.05) is 17.3 Å². The number of hydrogen-bond donors (Lipinski definition) is 0. The second kappa shape index (κ2) is 7.93. The predicted molar refractivity (Wildman–Crippen MR) is 127 cm³/mol. The Balaban J connectivity index is 1.61. The number of hydrogen-bond acceptors (Lipinski definition) is 3. The average Bonchev–Trinajstić information content (AvgIpc) is 3.23. The van der Waals surface area contributed by atoms with Crippen molar-refractivity contribution in [3.8, 4) is 11.5 Å². The third-order valence-corrected chi connectivity index (χ3v) is 6.01. The molecule has 2 aliphatic rings. The molecule has 0 radical (unpaired) electrons. The third kappa shape index (κ3) is 3.14. The monoisotopic (exact) mass is 423 g/mol. The number of fused-ring (bicyclic) bond motifs is 2. The molecule has 2 aliphatic heterocycles. The van der Waals surface area contributed by atoms with Crippen molar-refractivity contribution < 1.29 is 14.3 Å². The van der Waals surface area contributed by atoms with Gasteiger partial charge in [0.15, 0.2) is 11.5 Å². The summed E-state index contributed by atoms with van der Waals surface area (Å²) < 4.78 is 10.9. The van der Waals surface area contributed by atoms with E-state index in [4.69, 9.17) is 9.47 Å². The van der Waals surface area contributed by atoms with Gasteiger partial charge in [0.25, 0.3) is 5.91 Å². The van der Waals surface area contributed by atoms with Crippen LogP contribution < -0.4 is 9.47 Å². The fourth-order valence-electron chi connectivity index (χ4n) is 4.37. The Bertz CT molecular complexity index is 1320. The summed E-state index contributed by atoms with van der Waals surface area (Å²) >= 11 is 0. The topological polar surface area (TPSA) is 52.9 Å². The first-order valence-electron chi connectivity index (χ1n) is 10.4. The molecule has 160 valence electrons. The SMILES string of the molecule is COc1ccc(C2=CN(C(=O)c3ccc(C)c4ccccc34)C3[N-]C=CC=C23)cc1OC. The highest BCUT2D eigenvalue weighted by Crippen LogP contribution is 2.42. The Labute approximate surface area is 187 Å². The zero-order valence-electron chi connectivity index (χ0n) is 18.2. The van der Waals surface area contributed by atoms with E-state index in [1.807, 2.05) is 66.9 Å². The van der Waals surface area contributed by atoms with Crippen LogP contribution in [-0.2, 0) is 0 Å². The van der Waals surface area contributed by atoms with E-state index in [1.165, 1.54) is 0 Å². The summed E-state index contributed by atoms with van der Waals surface area (Å²) in [5.74, 6) is 1.22. The maximum atomic E-state index is 13.8. The molecule has 0 saturated heterocycles. The molecule has 0 bridgehead atoms. The van der Waals surface area contributed by atoms with E-state index < -0.39 is 6.17 Å². The molecule has 2 heterocycles. The summed E-state index contributed by atoms with van der Waals surface area (Å²) in [7, 11) is 3.23. The second-order valence-electron chi connectivity index (χ2n) is 7.79. The lowest BCUT2D eigenvalue weighted by molar-refractivity contribution is 0.0815. The lowest BCUT2D eigenvalue weighted by Crippen LogP contribution is -2.33. The van der Waals surface area contributed by atoms with E-state index in [0.717, 1.165) is 33.0 Å². The molecule has 1 atom stereocenters. The minimum Gasteiger partial charge on any atom is -0.667 e. The quantitative estimate of drug-likeness (QED) is 0.532. The van der Waals surface area contributed by atoms with Gasteiger partial charge in [-0.05, 0) is 58.8 Å². The first-order chi connectivity index (χ1) is 15.6. The van der Waals surface area contributed by atoms with Gasteiger partial charge in [-0.15, -0.1) is 0 Å². The number of allylic oxidation sites excluding steroid dienone is 2. The first-order valence-corrected chi connectivity index (χ1v) is 10.4. The number of amides is 1. The highest BCUT2D eigenvalue weighted by Gasteiger charge is 2.31. The highest BCUT2D eigenvalue weighted by atomic mass is 16.5. The molecule has 0 aliphatic carbocycles. The van der Waals surface area contributed by atoms with E-state index in [2.05, 4.69) is 18.3 Å². The van der Waals surface area contributed by atoms with Gasteiger partial charge >= 0.3 is 0 Å². The number of carbonyl (C=O) groups is 1. The zero-order valence-corrected chi connectivity index (χ0v) is 18.2. The van der Waals surface area contributed by atoms with Crippen LogP contribution in [0, 0.1) is 6.92 Å². The molecule has 5 rings (SSSR count). The number of methoxy groups -OCH3 is 2. The summed E-state index contributed by atoms with van der Waals surface area (Å²) in [6.45, 7) is 2.06. The molecule has 0 aromatic heterocycles. The molecule has 3 aromatic rings. The largest absolute Gasteiger partial charge is 0.667 e. The van der Waals surface area contributed by atoms with Crippen molar-refractivity contribution in [3.63, 3.8) is 0 Å². The van der Waals surface area contributed by atoms with Crippen molar-refractivity contribution in [2.24, 2.45) is 0 Å². The summed E-state index contributed by atoms with van der Waals surface area (Å²) in [6, 6.07) is 17.7. The summed E-state index contributed by atoms with van der Waals surface area (Å²) in [5, 5.41) is 6.65. The standard InChI is InChI=1S/C27H23N2O3/c1-17-10-12-22(20-8-5-4-7-19(17)20)27(30)29-16-23(21-9-6-14-28-26(21)29)18-11-13-24(31-2)25(15-18)32-3/h4-16,26H,1-3H3/q-1. The van der Waals surface area contributed by atoms with Gasteiger partial charge in [-0.3, -0.25) is 4.79 Å². The normalized spacial score (nSPS) is 16.8. The lowest BCUT2D eigenvalue weighted by Gasteiger charge is -2.37. The lowest BCUT2D eigenvalue weighted by atomic mass is 9.97. The van der Waals surface area contributed by atoms with Gasteiger partial charge in [0.2, 0.25) is 0 Å². The van der Waals surface area contributed by atoms with Crippen LogP contribution in [0.15, 0.2) is 84.7 Å². The van der Waals surface area contributed by atoms with E-state index >= 15 is 0 Å². The molecule has 0 N–H and O–H groups in total. The molecular weight excluding hydrogens is 400 g/mol. The van der Waals surface area contributed by atoms with E-state index in [9.17, 15) is 4.79 Å². The molecular formula is C27H23N2O3-. The molecule has 0 saturated carbocycles. The van der Waals surface area contributed by atoms with Crippen LogP contribution in [0.4, 0.5) is 0 Å². The average molecular weight is 423 g/mol. The maximum absolute atomic E-state index is 13.8. The second-order valence-corrected chi connectivity index (χ2v) is 7.79. The van der Waals surface area contributed by atoms with Crippen LogP contribution >= 0.6 is 0 Å². The van der Waals surface area contributed by atoms with Crippen molar-refractivity contribution >= 4 is 22.3 Å². The van der Waals surface area contributed by atoms with Gasteiger partial charge in [0.1, 0.15) is 0 Å². The maximum Gasteiger partial charge on any atom is 0.257 e. The molecule has 1 unspecified atom stereocenters. The molecule has 0 fully saturated rings. The molecule has 32 heavy (non-hydrogen) atoms. The number of carbonyl (C=O) groups excluding carboxylic acids is 1. The fraction of sp³-hybridized carbons (Fsp3) is 0.148. The van der Waals surface area contributed by atoms with Gasteiger partial charge in [-0.1, -0.05) is 48.6 Å². The zero-order chi connectivity index (χ0) is 22.2. The summed E-state index contributed by atoms with van der Waals surface area (Å²) in [6.07, 6.45) is 7.16. The smallest absolute Gasteiger partial charge is 0.257 e. The Hall–Kier alpha value is -3.99. The van der Waals surface area contributed by atoms with Crippen LogP contribution in [0.1, 0.15) is 21.5 Å². The van der Waals surface area contributed by atoms with Gasteiger partial charge < -0.3 is 19.7 Å². The number of nitrogens with zero attached hydrogens (tertiary/aromatic N) is 2. The minimum atomic E-state index is -0.393. The Morgan fingerprint density at radius 2 is 1.75 bits per heavy atom. The van der Waals surface area contributed by atoms with E-state index in [0.29, 0.717) is 17.1 Å². The Kier molecular flexibility index (Phi) is 4.94. The van der Waals surface area contributed by atoms with Crippen LogP contribution in [-0.4, -0.2) is 31.2 Å². The summed E-state index contributed by atoms with van der Waals surface area (Å²) in [4.78, 5) is 15.5. The van der Waals surface area contributed by atoms with Crippen molar-refractivity contribution in [1.29, 1.82) is 0 Å². The third-order valence-electron chi connectivity index (χ3n) is 6.01. The van der Waals surface area contributed by atoms with Gasteiger partial charge in [0.05, 0.1) is 14.2 Å². The van der Waals surface area contributed by atoms with Gasteiger partial charge in [-0.2, -0.15) is 6.20 Å². The van der Waals surface area contributed by atoms with E-state index in [-0.39, 0.29) is 5.91 Å². The van der Waals surface area contributed by atoms with Crippen molar-refractivity contribution in [2.45, 2.75) is 13.1 Å². The van der Waals surface area contributed by atoms with Crippen LogP contribution in [0.2, 0.25) is 0 Å². The number of ether oxygens (including phenoxy) is 2. The van der Waals surface area contributed by atoms with Crippen molar-refractivity contribution in [2.75, 3.05) is 14.2 Å². The van der Waals surface area contributed by atoms with Crippen molar-refractivity contribution in [1.82, 2.24) is 4.90 Å². The number of rotatable bonds is 4. The summed E-state index contributed by atoms with van der Waals surface area (Å²) in [5.41, 5.74) is 4.66. The molecule has 5 nitrogen and oxygen atoms in total. The van der Waals surface area contributed by atoms with Gasteiger partial charge in [-0.25, -0.2) is 0 Å². The van der Waals surface area contributed by atoms with Crippen LogP contribution in [0.3, 0.4) is 0 Å². The molecule has 5 heteroatoms.